The first-order valence-corrected chi connectivity index (χ1v) is 9.83. The third kappa shape index (κ3) is 2.86. The molecule has 2 amide bonds. The summed E-state index contributed by atoms with van der Waals surface area (Å²) in [6.07, 6.45) is 6.71. The van der Waals surface area contributed by atoms with Crippen molar-refractivity contribution in [3.8, 4) is 0 Å². The highest BCUT2D eigenvalue weighted by molar-refractivity contribution is 6.08. The van der Waals surface area contributed by atoms with Crippen molar-refractivity contribution in [2.75, 3.05) is 13.1 Å². The molecule has 134 valence electrons. The van der Waals surface area contributed by atoms with Gasteiger partial charge in [0.05, 0.1) is 0 Å². The monoisotopic (exact) mass is 340 g/mol. The SMILES string of the molecule is CCC1CCCCN1C(=O)C1(C(=O)N2CCc3ccccc3C2)CC1. The van der Waals surface area contributed by atoms with Crippen molar-refractivity contribution in [1.29, 1.82) is 0 Å². The Morgan fingerprint density at radius 1 is 1.08 bits per heavy atom. The average Bonchev–Trinajstić information content (AvgIpc) is 3.48. The lowest BCUT2D eigenvalue weighted by molar-refractivity contribution is -0.152. The lowest BCUT2D eigenvalue weighted by Crippen LogP contribution is -2.52. The quantitative estimate of drug-likeness (QED) is 0.793. The van der Waals surface area contributed by atoms with Crippen LogP contribution in [-0.2, 0) is 22.6 Å². The van der Waals surface area contributed by atoms with Crippen molar-refractivity contribution >= 4 is 11.8 Å². The Labute approximate surface area is 150 Å². The Bertz CT molecular complexity index is 680. The second kappa shape index (κ2) is 6.47. The van der Waals surface area contributed by atoms with Gasteiger partial charge in [0.2, 0.25) is 11.8 Å². The minimum absolute atomic E-state index is 0.0763. The number of likely N-dealkylation sites (tertiary alicyclic amines) is 1. The molecule has 1 saturated heterocycles. The smallest absolute Gasteiger partial charge is 0.238 e. The maximum Gasteiger partial charge on any atom is 0.238 e. The van der Waals surface area contributed by atoms with Crippen LogP contribution >= 0.6 is 0 Å². The molecule has 3 aliphatic rings. The number of amides is 2. The lowest BCUT2D eigenvalue weighted by atomic mass is 9.93. The molecule has 0 bridgehead atoms. The molecule has 1 aliphatic carbocycles. The predicted octanol–water partition coefficient (Wildman–Crippen LogP) is 3.14. The molecule has 2 fully saturated rings. The highest BCUT2D eigenvalue weighted by atomic mass is 16.2. The second-order valence-corrected chi connectivity index (χ2v) is 7.88. The van der Waals surface area contributed by atoms with Crippen LogP contribution in [0.1, 0.15) is 56.6 Å². The highest BCUT2D eigenvalue weighted by Crippen LogP contribution is 2.50. The van der Waals surface area contributed by atoms with Crippen LogP contribution in [0.4, 0.5) is 0 Å². The standard InChI is InChI=1S/C21H28N2O2/c1-2-18-9-5-6-13-23(18)20(25)21(11-12-21)19(24)22-14-10-16-7-3-4-8-17(16)15-22/h3-4,7-8,18H,2,5-6,9-15H2,1H3. The van der Waals surface area contributed by atoms with Crippen LogP contribution in [0.25, 0.3) is 0 Å². The fourth-order valence-corrected chi connectivity index (χ4v) is 4.58. The second-order valence-electron chi connectivity index (χ2n) is 7.88. The molecular formula is C21H28N2O2. The zero-order valence-electron chi connectivity index (χ0n) is 15.2. The molecule has 0 spiro atoms. The first kappa shape index (κ1) is 16.6. The number of benzene rings is 1. The van der Waals surface area contributed by atoms with E-state index in [1.54, 1.807) is 0 Å². The van der Waals surface area contributed by atoms with Gasteiger partial charge in [-0.05, 0) is 56.1 Å². The van der Waals surface area contributed by atoms with Crippen LogP contribution in [0, 0.1) is 5.41 Å². The maximum absolute atomic E-state index is 13.3. The van der Waals surface area contributed by atoms with Crippen LogP contribution in [0.15, 0.2) is 24.3 Å². The molecule has 4 rings (SSSR count). The van der Waals surface area contributed by atoms with E-state index < -0.39 is 5.41 Å². The van der Waals surface area contributed by atoms with Crippen molar-refractivity contribution in [3.63, 3.8) is 0 Å². The molecule has 1 unspecified atom stereocenters. The number of carbonyl (C=O) groups excluding carboxylic acids is 2. The fraction of sp³-hybridized carbons (Fsp3) is 0.619. The summed E-state index contributed by atoms with van der Waals surface area (Å²) >= 11 is 0. The Hall–Kier alpha value is -1.84. The van der Waals surface area contributed by atoms with Gasteiger partial charge < -0.3 is 9.80 Å². The summed E-state index contributed by atoms with van der Waals surface area (Å²) < 4.78 is 0. The molecule has 0 aromatic heterocycles. The largest absolute Gasteiger partial charge is 0.339 e. The van der Waals surface area contributed by atoms with E-state index in [0.29, 0.717) is 12.6 Å². The van der Waals surface area contributed by atoms with E-state index in [4.69, 9.17) is 0 Å². The average molecular weight is 340 g/mol. The molecule has 1 aromatic rings. The van der Waals surface area contributed by atoms with Gasteiger partial charge in [0.1, 0.15) is 5.41 Å². The molecular weight excluding hydrogens is 312 g/mol. The van der Waals surface area contributed by atoms with Gasteiger partial charge in [-0.15, -0.1) is 0 Å². The van der Waals surface area contributed by atoms with Gasteiger partial charge >= 0.3 is 0 Å². The lowest BCUT2D eigenvalue weighted by Gasteiger charge is -2.39. The number of piperidine rings is 1. The number of nitrogens with zero attached hydrogens (tertiary/aromatic N) is 2. The molecule has 0 radical (unpaired) electrons. The summed E-state index contributed by atoms with van der Waals surface area (Å²) in [5.74, 6) is 0.190. The fourth-order valence-electron chi connectivity index (χ4n) is 4.58. The van der Waals surface area contributed by atoms with Gasteiger partial charge in [0.15, 0.2) is 0 Å². The summed E-state index contributed by atoms with van der Waals surface area (Å²) in [7, 11) is 0. The first-order chi connectivity index (χ1) is 12.2. The van der Waals surface area contributed by atoms with Crippen molar-refractivity contribution in [1.82, 2.24) is 9.80 Å². The van der Waals surface area contributed by atoms with E-state index in [9.17, 15) is 9.59 Å². The van der Waals surface area contributed by atoms with Gasteiger partial charge in [0.25, 0.3) is 0 Å². The van der Waals surface area contributed by atoms with E-state index in [-0.39, 0.29) is 11.8 Å². The third-order valence-electron chi connectivity index (χ3n) is 6.35. The van der Waals surface area contributed by atoms with Gasteiger partial charge in [-0.25, -0.2) is 0 Å². The normalized spacial score (nSPS) is 24.6. The molecule has 25 heavy (non-hydrogen) atoms. The molecule has 4 heteroatoms. The minimum atomic E-state index is -0.739. The Morgan fingerprint density at radius 2 is 1.84 bits per heavy atom. The highest BCUT2D eigenvalue weighted by Gasteiger charge is 2.60. The zero-order valence-corrected chi connectivity index (χ0v) is 15.2. The minimum Gasteiger partial charge on any atom is -0.339 e. The summed E-state index contributed by atoms with van der Waals surface area (Å²) in [6.45, 7) is 4.37. The van der Waals surface area contributed by atoms with E-state index in [2.05, 4.69) is 25.1 Å². The van der Waals surface area contributed by atoms with Crippen molar-refractivity contribution in [2.45, 2.75) is 64.5 Å². The summed E-state index contributed by atoms with van der Waals surface area (Å²) in [5, 5.41) is 0. The van der Waals surface area contributed by atoms with E-state index in [1.807, 2.05) is 15.9 Å². The Morgan fingerprint density at radius 3 is 2.56 bits per heavy atom. The van der Waals surface area contributed by atoms with Crippen molar-refractivity contribution < 1.29 is 9.59 Å². The molecule has 1 saturated carbocycles. The Kier molecular flexibility index (Phi) is 4.30. The van der Waals surface area contributed by atoms with E-state index >= 15 is 0 Å². The van der Waals surface area contributed by atoms with Gasteiger partial charge in [0, 0.05) is 25.7 Å². The first-order valence-electron chi connectivity index (χ1n) is 9.83. The van der Waals surface area contributed by atoms with Crippen LogP contribution < -0.4 is 0 Å². The topological polar surface area (TPSA) is 40.6 Å². The van der Waals surface area contributed by atoms with Gasteiger partial charge in [-0.3, -0.25) is 9.59 Å². The number of rotatable bonds is 3. The molecule has 1 aromatic carbocycles. The number of hydrogen-bond acceptors (Lipinski definition) is 2. The Balaban J connectivity index is 1.51. The third-order valence-corrected chi connectivity index (χ3v) is 6.35. The molecule has 1 atom stereocenters. The van der Waals surface area contributed by atoms with Crippen LogP contribution in [0.3, 0.4) is 0 Å². The molecule has 4 nitrogen and oxygen atoms in total. The predicted molar refractivity (Wildman–Crippen MR) is 96.9 cm³/mol. The summed E-state index contributed by atoms with van der Waals surface area (Å²) in [6, 6.07) is 8.67. The zero-order chi connectivity index (χ0) is 17.4. The van der Waals surface area contributed by atoms with Gasteiger partial charge in [-0.1, -0.05) is 31.2 Å². The molecule has 0 N–H and O–H groups in total. The van der Waals surface area contributed by atoms with E-state index in [1.165, 1.54) is 17.5 Å². The van der Waals surface area contributed by atoms with Gasteiger partial charge in [-0.2, -0.15) is 0 Å². The van der Waals surface area contributed by atoms with Crippen LogP contribution in [-0.4, -0.2) is 40.7 Å². The maximum atomic E-state index is 13.3. The summed E-state index contributed by atoms with van der Waals surface area (Å²) in [5.41, 5.74) is 1.83. The molecule has 2 aliphatic heterocycles. The van der Waals surface area contributed by atoms with E-state index in [0.717, 1.165) is 51.6 Å². The van der Waals surface area contributed by atoms with Crippen molar-refractivity contribution in [3.05, 3.63) is 35.4 Å². The molecule has 2 heterocycles. The van der Waals surface area contributed by atoms with Crippen LogP contribution in [0.2, 0.25) is 0 Å². The van der Waals surface area contributed by atoms with Crippen molar-refractivity contribution in [2.24, 2.45) is 5.41 Å². The number of fused-ring (bicyclic) bond motifs is 1. The number of hydrogen-bond donors (Lipinski definition) is 0. The van der Waals surface area contributed by atoms with Crippen LogP contribution in [0.5, 0.6) is 0 Å². The summed E-state index contributed by atoms with van der Waals surface area (Å²) in [4.78, 5) is 30.5. The number of carbonyl (C=O) groups is 2.